The van der Waals surface area contributed by atoms with E-state index in [-0.39, 0.29) is 24.7 Å². The van der Waals surface area contributed by atoms with Crippen LogP contribution in [-0.2, 0) is 42.7 Å². The zero-order chi connectivity index (χ0) is 23.3. The number of ether oxygens (including phenoxy) is 6. The van der Waals surface area contributed by atoms with Crippen molar-refractivity contribution in [3.05, 3.63) is 29.8 Å². The molecule has 0 spiro atoms. The van der Waals surface area contributed by atoms with Gasteiger partial charge in [-0.05, 0) is 19.1 Å². The molecule has 0 fully saturated rings. The van der Waals surface area contributed by atoms with Crippen molar-refractivity contribution in [1.29, 1.82) is 0 Å². The van der Waals surface area contributed by atoms with Gasteiger partial charge in [-0.3, -0.25) is 4.18 Å². The van der Waals surface area contributed by atoms with Crippen LogP contribution in [-0.4, -0.2) is 101 Å². The van der Waals surface area contributed by atoms with E-state index in [1.807, 2.05) is 6.92 Å². The third kappa shape index (κ3) is 15.6. The molecule has 0 saturated heterocycles. The summed E-state index contributed by atoms with van der Waals surface area (Å²) >= 11 is 0. The largest absolute Gasteiger partial charge is 0.377 e. The summed E-state index contributed by atoms with van der Waals surface area (Å²) in [4.78, 5) is 0.127. The maximum Gasteiger partial charge on any atom is 0.297 e. The van der Waals surface area contributed by atoms with Crippen LogP contribution in [0.25, 0.3) is 0 Å². The Hall–Kier alpha value is -1.18. The van der Waals surface area contributed by atoms with Gasteiger partial charge in [0.2, 0.25) is 0 Å². The van der Waals surface area contributed by atoms with Crippen molar-refractivity contribution in [2.24, 2.45) is 0 Å². The number of aryl methyl sites for hydroxylation is 1. The zero-order valence-corrected chi connectivity index (χ0v) is 19.5. The predicted molar refractivity (Wildman–Crippen MR) is 115 cm³/mol. The van der Waals surface area contributed by atoms with E-state index in [2.05, 4.69) is 0 Å². The Balaban J connectivity index is 1.80. The molecule has 32 heavy (non-hydrogen) atoms. The van der Waals surface area contributed by atoms with Crippen LogP contribution < -0.4 is 0 Å². The summed E-state index contributed by atoms with van der Waals surface area (Å²) in [6, 6.07) is 6.46. The first-order valence-corrected chi connectivity index (χ1v) is 12.0. The summed E-state index contributed by atoms with van der Waals surface area (Å²) in [5.74, 6) is 0. The van der Waals surface area contributed by atoms with Crippen LogP contribution in [0, 0.1) is 6.92 Å². The zero-order valence-electron chi connectivity index (χ0n) is 18.7. The lowest BCUT2D eigenvalue weighted by Crippen LogP contribution is -2.15. The van der Waals surface area contributed by atoms with E-state index < -0.39 is 16.8 Å². The summed E-state index contributed by atoms with van der Waals surface area (Å²) in [5.41, 5.74) is 0.974. The maximum absolute atomic E-state index is 12.0. The van der Waals surface area contributed by atoms with Crippen LogP contribution in [0.3, 0.4) is 0 Å². The van der Waals surface area contributed by atoms with Crippen LogP contribution in [0.15, 0.2) is 29.2 Å². The second-order valence-electron chi connectivity index (χ2n) is 6.45. The van der Waals surface area contributed by atoms with Crippen LogP contribution in [0.5, 0.6) is 0 Å². The predicted octanol–water partition coefficient (Wildman–Crippen LogP) is 1.77. The monoisotopic (exact) mass is 482 g/mol. The van der Waals surface area contributed by atoms with Crippen LogP contribution in [0.4, 0.5) is 4.39 Å². The average molecular weight is 483 g/mol. The van der Waals surface area contributed by atoms with Crippen LogP contribution >= 0.6 is 0 Å². The molecule has 0 saturated carbocycles. The molecule has 0 heterocycles. The van der Waals surface area contributed by atoms with Crippen molar-refractivity contribution in [2.45, 2.75) is 11.8 Å². The van der Waals surface area contributed by atoms with Gasteiger partial charge in [0.25, 0.3) is 10.1 Å². The average Bonchev–Trinajstić information content (AvgIpc) is 2.78. The number of hydrogen-bond acceptors (Lipinski definition) is 9. The molecule has 0 radical (unpaired) electrons. The summed E-state index contributed by atoms with van der Waals surface area (Å²) in [6.07, 6.45) is 0. The molecule has 11 heteroatoms. The first-order valence-electron chi connectivity index (χ1n) is 10.5. The van der Waals surface area contributed by atoms with Crippen molar-refractivity contribution in [2.75, 3.05) is 92.6 Å². The fourth-order valence-electron chi connectivity index (χ4n) is 2.23. The Morgan fingerprint density at radius 1 is 0.594 bits per heavy atom. The van der Waals surface area contributed by atoms with Gasteiger partial charge in [0, 0.05) is 0 Å². The molecule has 0 aromatic heterocycles. The lowest BCUT2D eigenvalue weighted by atomic mass is 10.2. The van der Waals surface area contributed by atoms with E-state index in [1.165, 1.54) is 12.1 Å². The summed E-state index contributed by atoms with van der Waals surface area (Å²) < 4.78 is 72.2. The lowest BCUT2D eigenvalue weighted by Gasteiger charge is -2.08. The molecule has 0 N–H and O–H groups in total. The number of rotatable bonds is 22. The van der Waals surface area contributed by atoms with Crippen molar-refractivity contribution in [3.8, 4) is 0 Å². The van der Waals surface area contributed by atoms with Crippen molar-refractivity contribution < 1.29 is 45.4 Å². The Morgan fingerprint density at radius 3 is 1.31 bits per heavy atom. The molecule has 1 rings (SSSR count). The molecule has 0 atom stereocenters. The minimum absolute atomic E-state index is 0.0583. The summed E-state index contributed by atoms with van der Waals surface area (Å²) in [7, 11) is -3.76. The molecule has 0 aliphatic heterocycles. The SMILES string of the molecule is Cc1ccc(S(=O)(=O)OCCOCCOCCOCCOCCOCCOCCF)cc1. The van der Waals surface area contributed by atoms with Gasteiger partial charge in [-0.25, -0.2) is 4.39 Å². The van der Waals surface area contributed by atoms with Gasteiger partial charge >= 0.3 is 0 Å². The fourth-order valence-corrected chi connectivity index (χ4v) is 3.12. The second-order valence-corrected chi connectivity index (χ2v) is 8.07. The highest BCUT2D eigenvalue weighted by molar-refractivity contribution is 7.86. The Labute approximate surface area is 190 Å². The van der Waals surface area contributed by atoms with Crippen LogP contribution in [0.1, 0.15) is 5.56 Å². The highest BCUT2D eigenvalue weighted by Crippen LogP contribution is 2.12. The summed E-state index contributed by atoms with van der Waals surface area (Å²) in [6.45, 7) is 5.75. The smallest absolute Gasteiger partial charge is 0.297 e. The fraction of sp³-hybridized carbons (Fsp3) is 0.714. The lowest BCUT2D eigenvalue weighted by molar-refractivity contribution is -0.0181. The first kappa shape index (κ1) is 28.9. The van der Waals surface area contributed by atoms with E-state index in [9.17, 15) is 12.8 Å². The molecular weight excluding hydrogens is 447 g/mol. The third-order valence-corrected chi connectivity index (χ3v) is 5.18. The Kier molecular flexibility index (Phi) is 17.4. The maximum atomic E-state index is 12.0. The molecule has 186 valence electrons. The molecule has 0 bridgehead atoms. The molecule has 0 aliphatic rings. The quantitative estimate of drug-likeness (QED) is 0.181. The summed E-state index contributed by atoms with van der Waals surface area (Å²) in [5, 5.41) is 0. The Morgan fingerprint density at radius 2 is 0.938 bits per heavy atom. The first-order chi connectivity index (χ1) is 15.6. The third-order valence-electron chi connectivity index (χ3n) is 3.86. The highest BCUT2D eigenvalue weighted by atomic mass is 32.2. The van der Waals surface area contributed by atoms with Gasteiger partial charge in [0.1, 0.15) is 6.67 Å². The van der Waals surface area contributed by atoms with Gasteiger partial charge in [-0.2, -0.15) is 8.42 Å². The second kappa shape index (κ2) is 19.3. The Bertz CT molecular complexity index is 656. The molecular formula is C21H35FO9S. The van der Waals surface area contributed by atoms with Crippen LogP contribution in [0.2, 0.25) is 0 Å². The van der Waals surface area contributed by atoms with E-state index in [1.54, 1.807) is 12.1 Å². The van der Waals surface area contributed by atoms with Crippen molar-refractivity contribution in [3.63, 3.8) is 0 Å². The van der Waals surface area contributed by atoms with E-state index in [4.69, 9.17) is 32.6 Å². The van der Waals surface area contributed by atoms with Crippen molar-refractivity contribution >= 4 is 10.1 Å². The number of benzene rings is 1. The molecule has 0 aliphatic carbocycles. The van der Waals surface area contributed by atoms with Crippen molar-refractivity contribution in [1.82, 2.24) is 0 Å². The number of halogens is 1. The standard InChI is InChI=1S/C21H35FO9S/c1-20-2-4-21(5-3-20)32(23,24)31-19-18-30-17-16-29-15-14-28-13-12-27-11-10-26-9-8-25-7-6-22/h2-5H,6-19H2,1H3. The molecule has 0 amide bonds. The van der Waals surface area contributed by atoms with E-state index in [0.717, 1.165) is 5.56 Å². The van der Waals surface area contributed by atoms with Gasteiger partial charge < -0.3 is 28.4 Å². The number of alkyl halides is 1. The van der Waals surface area contributed by atoms with E-state index in [0.29, 0.717) is 66.1 Å². The molecule has 1 aromatic rings. The molecule has 9 nitrogen and oxygen atoms in total. The molecule has 0 unspecified atom stereocenters. The normalized spacial score (nSPS) is 11.8. The minimum Gasteiger partial charge on any atom is -0.377 e. The molecule has 1 aromatic carbocycles. The van der Waals surface area contributed by atoms with Gasteiger partial charge in [0.05, 0.1) is 90.8 Å². The van der Waals surface area contributed by atoms with E-state index >= 15 is 0 Å². The van der Waals surface area contributed by atoms with Gasteiger partial charge in [-0.1, -0.05) is 17.7 Å². The minimum atomic E-state index is -3.76. The highest BCUT2D eigenvalue weighted by Gasteiger charge is 2.14. The van der Waals surface area contributed by atoms with Gasteiger partial charge in [0.15, 0.2) is 0 Å². The number of hydrogen-bond donors (Lipinski definition) is 0. The topological polar surface area (TPSA) is 98.8 Å². The van der Waals surface area contributed by atoms with Gasteiger partial charge in [-0.15, -0.1) is 0 Å².